The fourth-order valence-corrected chi connectivity index (χ4v) is 7.10. The van der Waals surface area contributed by atoms with E-state index in [1.54, 1.807) is 22.7 Å². The molecule has 248 valence electrons. The number of nitrogens with zero attached hydrogens (tertiary/aromatic N) is 7. The zero-order chi connectivity index (χ0) is 35.0. The van der Waals surface area contributed by atoms with Crippen LogP contribution < -0.4 is 10.5 Å². The number of aliphatic imine (C=N–C) groups is 2. The van der Waals surface area contributed by atoms with Gasteiger partial charge in [0.1, 0.15) is 11.6 Å². The molecule has 1 N–H and O–H groups in total. The molecule has 2 aromatic heterocycles. The zero-order valence-electron chi connectivity index (χ0n) is 28.6. The quantitative estimate of drug-likeness (QED) is 0.163. The Balaban J connectivity index is 1.98. The number of piperazine rings is 1. The van der Waals surface area contributed by atoms with E-state index in [-0.39, 0.29) is 29.3 Å². The molecule has 1 aliphatic heterocycles. The minimum absolute atomic E-state index is 0.0290. The van der Waals surface area contributed by atoms with Gasteiger partial charge < -0.3 is 9.80 Å². The molecule has 0 bridgehead atoms. The number of halogens is 1. The van der Waals surface area contributed by atoms with Crippen LogP contribution in [0.4, 0.5) is 5.69 Å². The molecule has 0 radical (unpaired) electrons. The van der Waals surface area contributed by atoms with Gasteiger partial charge in [-0.05, 0) is 67.8 Å². The van der Waals surface area contributed by atoms with Crippen molar-refractivity contribution in [2.75, 3.05) is 31.6 Å². The average molecular weight is 665 g/mol. The summed E-state index contributed by atoms with van der Waals surface area (Å²) in [6.07, 6.45) is 3.07. The predicted molar refractivity (Wildman–Crippen MR) is 197 cm³/mol. The van der Waals surface area contributed by atoms with E-state index in [2.05, 4.69) is 39.5 Å². The molecule has 1 amide bonds. The molecular formula is C37H41ClN8O2. The van der Waals surface area contributed by atoms with Crippen LogP contribution >= 0.6 is 11.6 Å². The molecular weight excluding hydrogens is 624 g/mol. The molecule has 0 aliphatic carbocycles. The van der Waals surface area contributed by atoms with Crippen LogP contribution in [0, 0.1) is 30.1 Å². The van der Waals surface area contributed by atoms with E-state index in [1.807, 2.05) is 70.7 Å². The molecule has 1 fully saturated rings. The van der Waals surface area contributed by atoms with Crippen LogP contribution in [0.1, 0.15) is 45.7 Å². The highest BCUT2D eigenvalue weighted by atomic mass is 35.5. The van der Waals surface area contributed by atoms with E-state index in [1.165, 1.54) is 6.08 Å². The van der Waals surface area contributed by atoms with Crippen LogP contribution in [0.25, 0.3) is 38.6 Å². The number of nitriles is 1. The Kier molecular flexibility index (Phi) is 9.74. The van der Waals surface area contributed by atoms with Gasteiger partial charge in [-0.25, -0.2) is 0 Å². The van der Waals surface area contributed by atoms with Crippen molar-refractivity contribution < 1.29 is 4.79 Å². The zero-order valence-corrected chi connectivity index (χ0v) is 29.3. The molecule has 48 heavy (non-hydrogen) atoms. The highest BCUT2D eigenvalue weighted by Crippen LogP contribution is 2.42. The molecule has 11 heteroatoms. The first-order chi connectivity index (χ1) is 22.9. The van der Waals surface area contributed by atoms with Crippen molar-refractivity contribution in [1.29, 1.82) is 5.26 Å². The summed E-state index contributed by atoms with van der Waals surface area (Å²) < 4.78 is 1.58. The van der Waals surface area contributed by atoms with E-state index in [0.717, 1.165) is 22.0 Å². The summed E-state index contributed by atoms with van der Waals surface area (Å²) in [5.41, 5.74) is 5.66. The first-order valence-corrected chi connectivity index (χ1v) is 16.4. The summed E-state index contributed by atoms with van der Waals surface area (Å²) in [5, 5.41) is 20.0. The SMILES string of the molecule is C=CC(=O)N1CCN(c2c(C#N)c(=O)n(C(/C(=N\C)C(C)C)=C(/N=C)C(C)C)c3cc(-c4c(C)ccc5[nH]ncc45)c(Cl)cc23)[C@@H](C)C1. The van der Waals surface area contributed by atoms with E-state index in [0.29, 0.717) is 63.9 Å². The van der Waals surface area contributed by atoms with Crippen LogP contribution in [0.5, 0.6) is 0 Å². The van der Waals surface area contributed by atoms with Crippen molar-refractivity contribution in [3.8, 4) is 17.2 Å². The van der Waals surface area contributed by atoms with E-state index in [4.69, 9.17) is 11.6 Å². The Hall–Kier alpha value is -5.01. The average Bonchev–Trinajstić information content (AvgIpc) is 3.53. The molecule has 0 saturated carbocycles. The number of pyridine rings is 1. The number of benzene rings is 2. The van der Waals surface area contributed by atoms with Gasteiger partial charge in [-0.1, -0.05) is 51.9 Å². The Bertz CT molecular complexity index is 2130. The molecule has 3 heterocycles. The lowest BCUT2D eigenvalue weighted by atomic mass is 9.93. The lowest BCUT2D eigenvalue weighted by Gasteiger charge is -2.41. The summed E-state index contributed by atoms with van der Waals surface area (Å²) in [4.78, 5) is 40.3. The van der Waals surface area contributed by atoms with Crippen LogP contribution in [0.3, 0.4) is 0 Å². The lowest BCUT2D eigenvalue weighted by Crippen LogP contribution is -2.54. The number of H-pyrrole nitrogens is 1. The Labute approximate surface area is 285 Å². The first kappa shape index (κ1) is 34.3. The first-order valence-electron chi connectivity index (χ1n) is 16.0. The molecule has 1 atom stereocenters. The number of carbonyl (C=O) groups is 1. The standard InChI is InChI=1S/C37H41ClN8O2/c1-10-31(47)44-13-14-45(23(7)19-44)35-25-15-28(38)24(32-22(6)11-12-29-27(32)18-42-43-29)16-30(25)46(37(48)26(35)17-39)36(33(40-8)20(2)3)34(41-9)21(4)5/h10-12,15-16,18,20-21,23H,1,8,13-14,19H2,2-7,9H3,(H,42,43)/b36-33+,41-34-/t23-/m0/s1. The number of aromatic amines is 1. The van der Waals surface area contributed by atoms with Gasteiger partial charge in [-0.15, -0.1) is 0 Å². The fourth-order valence-electron chi connectivity index (χ4n) is 6.84. The topological polar surface area (TPSA) is 123 Å². The number of nitrogens with one attached hydrogen (secondary N) is 1. The second kappa shape index (κ2) is 13.6. The summed E-state index contributed by atoms with van der Waals surface area (Å²) in [6.45, 7) is 20.7. The van der Waals surface area contributed by atoms with E-state index < -0.39 is 5.56 Å². The normalized spacial score (nSPS) is 16.1. The van der Waals surface area contributed by atoms with Gasteiger partial charge in [0.2, 0.25) is 5.91 Å². The number of allylic oxidation sites excluding steroid dienone is 2. The van der Waals surface area contributed by atoms with Crippen LogP contribution in [-0.2, 0) is 4.79 Å². The minimum atomic E-state index is -0.498. The Morgan fingerprint density at radius 3 is 2.50 bits per heavy atom. The molecule has 1 saturated heterocycles. The molecule has 1 aliphatic rings. The van der Waals surface area contributed by atoms with Gasteiger partial charge in [-0.2, -0.15) is 10.4 Å². The number of hydrogen-bond donors (Lipinski definition) is 1. The number of carbonyl (C=O) groups excluding carboxylic acids is 1. The highest BCUT2D eigenvalue weighted by Gasteiger charge is 2.33. The molecule has 2 aromatic carbocycles. The number of amides is 1. The predicted octanol–water partition coefficient (Wildman–Crippen LogP) is 6.85. The summed E-state index contributed by atoms with van der Waals surface area (Å²) in [6, 6.07) is 9.78. The van der Waals surface area contributed by atoms with Gasteiger partial charge in [0, 0.05) is 54.1 Å². The van der Waals surface area contributed by atoms with Crippen LogP contribution in [0.2, 0.25) is 5.02 Å². The Morgan fingerprint density at radius 1 is 1.19 bits per heavy atom. The lowest BCUT2D eigenvalue weighted by molar-refractivity contribution is -0.126. The number of hydrogen-bond acceptors (Lipinski definition) is 7. The maximum atomic E-state index is 14.9. The number of anilines is 1. The number of aromatic nitrogens is 3. The van der Waals surface area contributed by atoms with Crippen LogP contribution in [-0.4, -0.2) is 70.7 Å². The number of fused-ring (bicyclic) bond motifs is 2. The second-order valence-corrected chi connectivity index (χ2v) is 13.2. The molecule has 0 spiro atoms. The van der Waals surface area contributed by atoms with Gasteiger partial charge in [0.05, 0.1) is 40.0 Å². The maximum Gasteiger partial charge on any atom is 0.275 e. The van der Waals surface area contributed by atoms with Crippen molar-refractivity contribution >= 4 is 63.1 Å². The third kappa shape index (κ3) is 5.73. The van der Waals surface area contributed by atoms with Crippen molar-refractivity contribution in [3.05, 3.63) is 75.3 Å². The van der Waals surface area contributed by atoms with Crippen LogP contribution in [0.15, 0.2) is 63.6 Å². The van der Waals surface area contributed by atoms with Crippen molar-refractivity contribution in [2.45, 2.75) is 47.6 Å². The van der Waals surface area contributed by atoms with Gasteiger partial charge in [0.25, 0.3) is 5.56 Å². The number of aryl methyl sites for hydroxylation is 1. The fraction of sp³-hybridized carbons (Fsp3) is 0.351. The molecule has 4 aromatic rings. The monoisotopic (exact) mass is 664 g/mol. The van der Waals surface area contributed by atoms with Gasteiger partial charge >= 0.3 is 0 Å². The molecule has 5 rings (SSSR count). The molecule has 10 nitrogen and oxygen atoms in total. The molecule has 0 unspecified atom stereocenters. The third-order valence-electron chi connectivity index (χ3n) is 9.06. The number of rotatable bonds is 8. The highest BCUT2D eigenvalue weighted by molar-refractivity contribution is 6.35. The van der Waals surface area contributed by atoms with E-state index >= 15 is 0 Å². The van der Waals surface area contributed by atoms with Crippen molar-refractivity contribution in [2.24, 2.45) is 21.8 Å². The van der Waals surface area contributed by atoms with E-state index in [9.17, 15) is 14.9 Å². The Morgan fingerprint density at radius 2 is 1.92 bits per heavy atom. The third-order valence-corrected chi connectivity index (χ3v) is 9.38. The summed E-state index contributed by atoms with van der Waals surface area (Å²) >= 11 is 7.21. The van der Waals surface area contributed by atoms with Gasteiger partial charge in [-0.3, -0.25) is 29.2 Å². The second-order valence-electron chi connectivity index (χ2n) is 12.8. The minimum Gasteiger partial charge on any atom is -0.363 e. The van der Waals surface area contributed by atoms with Crippen molar-refractivity contribution in [1.82, 2.24) is 19.7 Å². The maximum absolute atomic E-state index is 14.9. The largest absolute Gasteiger partial charge is 0.363 e. The smallest absolute Gasteiger partial charge is 0.275 e. The summed E-state index contributed by atoms with van der Waals surface area (Å²) in [5.74, 6) is -0.368. The summed E-state index contributed by atoms with van der Waals surface area (Å²) in [7, 11) is 1.69. The van der Waals surface area contributed by atoms with Crippen molar-refractivity contribution in [3.63, 3.8) is 0 Å². The van der Waals surface area contributed by atoms with Gasteiger partial charge in [0.15, 0.2) is 0 Å².